The minimum atomic E-state index is -0.389. The van der Waals surface area contributed by atoms with Gasteiger partial charge in [0.05, 0.1) is 4.92 Å². The van der Waals surface area contributed by atoms with Crippen molar-refractivity contribution in [2.75, 3.05) is 17.2 Å². The largest absolute Gasteiger partial charge is 0.393 e. The van der Waals surface area contributed by atoms with Crippen LogP contribution in [0.3, 0.4) is 0 Å². The van der Waals surface area contributed by atoms with Crippen LogP contribution >= 0.6 is 0 Å². The topological polar surface area (TPSA) is 72.4 Å². The zero-order valence-corrected chi connectivity index (χ0v) is 10.1. The van der Waals surface area contributed by atoms with Crippen molar-refractivity contribution in [1.82, 2.24) is 0 Å². The lowest BCUT2D eigenvalue weighted by molar-refractivity contribution is -0.383. The SMILES string of the molecule is CC1CC(C)N(c2cccc(N)c2[N+](=O)[O-])C1. The molecule has 2 unspecified atom stereocenters. The van der Waals surface area contributed by atoms with Crippen LogP contribution < -0.4 is 10.6 Å². The van der Waals surface area contributed by atoms with Crippen molar-refractivity contribution in [3.05, 3.63) is 28.3 Å². The van der Waals surface area contributed by atoms with E-state index in [9.17, 15) is 10.1 Å². The highest BCUT2D eigenvalue weighted by molar-refractivity contribution is 5.75. The van der Waals surface area contributed by atoms with E-state index >= 15 is 0 Å². The van der Waals surface area contributed by atoms with Crippen molar-refractivity contribution in [2.24, 2.45) is 5.92 Å². The molecule has 0 spiro atoms. The first kappa shape index (κ1) is 11.7. The van der Waals surface area contributed by atoms with Gasteiger partial charge in [0, 0.05) is 12.6 Å². The molecule has 2 N–H and O–H groups in total. The van der Waals surface area contributed by atoms with Crippen LogP contribution in [0.4, 0.5) is 17.1 Å². The van der Waals surface area contributed by atoms with Gasteiger partial charge in [-0.1, -0.05) is 13.0 Å². The van der Waals surface area contributed by atoms with Gasteiger partial charge >= 0.3 is 5.69 Å². The maximum Gasteiger partial charge on any atom is 0.315 e. The van der Waals surface area contributed by atoms with E-state index in [4.69, 9.17) is 5.73 Å². The highest BCUT2D eigenvalue weighted by atomic mass is 16.6. The van der Waals surface area contributed by atoms with Gasteiger partial charge in [0.15, 0.2) is 0 Å². The molecule has 1 aromatic carbocycles. The molecule has 0 saturated carbocycles. The first-order valence-electron chi connectivity index (χ1n) is 5.80. The molecule has 1 aliphatic rings. The predicted octanol–water partition coefficient (Wildman–Crippen LogP) is 2.41. The lowest BCUT2D eigenvalue weighted by Gasteiger charge is -2.23. The number of rotatable bonds is 2. The molecule has 17 heavy (non-hydrogen) atoms. The molecule has 1 aliphatic heterocycles. The molecule has 0 aliphatic carbocycles. The van der Waals surface area contributed by atoms with Crippen LogP contribution in [-0.4, -0.2) is 17.5 Å². The van der Waals surface area contributed by atoms with Crippen LogP contribution in [0.1, 0.15) is 20.3 Å². The summed E-state index contributed by atoms with van der Waals surface area (Å²) in [6.07, 6.45) is 1.06. The Bertz CT molecular complexity index is 447. The summed E-state index contributed by atoms with van der Waals surface area (Å²) in [5.74, 6) is 0.561. The Morgan fingerprint density at radius 3 is 2.71 bits per heavy atom. The van der Waals surface area contributed by atoms with Gasteiger partial charge in [0.2, 0.25) is 0 Å². The Balaban J connectivity index is 2.45. The molecule has 0 radical (unpaired) electrons. The standard InChI is InChI=1S/C12H17N3O2/c1-8-6-9(2)14(7-8)11-5-3-4-10(13)12(11)15(16)17/h3-5,8-9H,6-7,13H2,1-2H3. The van der Waals surface area contributed by atoms with E-state index in [-0.39, 0.29) is 16.3 Å². The minimum Gasteiger partial charge on any atom is -0.393 e. The van der Waals surface area contributed by atoms with Crippen LogP contribution in [0.15, 0.2) is 18.2 Å². The Morgan fingerprint density at radius 2 is 2.18 bits per heavy atom. The van der Waals surface area contributed by atoms with E-state index in [1.54, 1.807) is 18.2 Å². The second-order valence-electron chi connectivity index (χ2n) is 4.81. The summed E-state index contributed by atoms with van der Waals surface area (Å²) < 4.78 is 0. The van der Waals surface area contributed by atoms with Gasteiger partial charge in [0.25, 0.3) is 0 Å². The summed E-state index contributed by atoms with van der Waals surface area (Å²) in [4.78, 5) is 12.8. The van der Waals surface area contributed by atoms with Gasteiger partial charge in [-0.25, -0.2) is 0 Å². The van der Waals surface area contributed by atoms with E-state index < -0.39 is 0 Å². The van der Waals surface area contributed by atoms with E-state index in [0.29, 0.717) is 17.6 Å². The van der Waals surface area contributed by atoms with E-state index in [1.165, 1.54) is 0 Å². The van der Waals surface area contributed by atoms with Crippen molar-refractivity contribution in [1.29, 1.82) is 0 Å². The van der Waals surface area contributed by atoms with E-state index in [1.807, 2.05) is 0 Å². The number of nitro benzene ring substituents is 1. The molecule has 1 aromatic rings. The van der Waals surface area contributed by atoms with Gasteiger partial charge in [-0.2, -0.15) is 0 Å². The van der Waals surface area contributed by atoms with Crippen LogP contribution in [0.25, 0.3) is 0 Å². The van der Waals surface area contributed by atoms with Crippen LogP contribution in [0.2, 0.25) is 0 Å². The highest BCUT2D eigenvalue weighted by Crippen LogP contribution is 2.38. The average molecular weight is 235 g/mol. The summed E-state index contributed by atoms with van der Waals surface area (Å²) in [6, 6.07) is 5.45. The summed E-state index contributed by atoms with van der Waals surface area (Å²) in [5.41, 5.74) is 6.62. The van der Waals surface area contributed by atoms with Gasteiger partial charge < -0.3 is 10.6 Å². The average Bonchev–Trinajstić information content (AvgIpc) is 2.56. The van der Waals surface area contributed by atoms with Gasteiger partial charge in [-0.15, -0.1) is 0 Å². The second-order valence-corrected chi connectivity index (χ2v) is 4.81. The zero-order valence-electron chi connectivity index (χ0n) is 10.1. The molecule has 1 saturated heterocycles. The van der Waals surface area contributed by atoms with Crippen molar-refractivity contribution < 1.29 is 4.92 Å². The molecule has 0 aromatic heterocycles. The summed E-state index contributed by atoms with van der Waals surface area (Å²) in [6.45, 7) is 5.11. The molecule has 2 atom stereocenters. The van der Waals surface area contributed by atoms with E-state index in [0.717, 1.165) is 13.0 Å². The maximum atomic E-state index is 11.1. The molecule has 5 nitrogen and oxygen atoms in total. The fraction of sp³-hybridized carbons (Fsp3) is 0.500. The maximum absolute atomic E-state index is 11.1. The summed E-state index contributed by atoms with van der Waals surface area (Å²) >= 11 is 0. The number of anilines is 2. The number of hydrogen-bond donors (Lipinski definition) is 1. The lowest BCUT2D eigenvalue weighted by Crippen LogP contribution is -2.27. The number of benzene rings is 1. The molecule has 0 bridgehead atoms. The summed E-state index contributed by atoms with van der Waals surface area (Å²) in [5, 5.41) is 11.1. The van der Waals surface area contributed by atoms with Crippen molar-refractivity contribution in [2.45, 2.75) is 26.3 Å². The number of nitrogens with zero attached hydrogens (tertiary/aromatic N) is 2. The predicted molar refractivity (Wildman–Crippen MR) is 68.1 cm³/mol. The molecule has 5 heteroatoms. The third-order valence-corrected chi connectivity index (χ3v) is 3.32. The quantitative estimate of drug-likeness (QED) is 0.485. The molecule has 1 fully saturated rings. The number of para-hydroxylation sites is 1. The van der Waals surface area contributed by atoms with Crippen molar-refractivity contribution >= 4 is 17.1 Å². The molecular formula is C12H17N3O2. The Kier molecular flexibility index (Phi) is 2.92. The van der Waals surface area contributed by atoms with Crippen molar-refractivity contribution in [3.8, 4) is 0 Å². The van der Waals surface area contributed by atoms with Crippen LogP contribution in [0, 0.1) is 16.0 Å². The number of nitrogens with two attached hydrogens (primary N) is 1. The van der Waals surface area contributed by atoms with Gasteiger partial charge in [-0.3, -0.25) is 10.1 Å². The van der Waals surface area contributed by atoms with Crippen LogP contribution in [0.5, 0.6) is 0 Å². The van der Waals surface area contributed by atoms with Gasteiger partial charge in [0.1, 0.15) is 11.4 Å². The first-order valence-corrected chi connectivity index (χ1v) is 5.80. The Labute approximate surface area is 100 Å². The second kappa shape index (κ2) is 4.24. The summed E-state index contributed by atoms with van der Waals surface area (Å²) in [7, 11) is 0. The smallest absolute Gasteiger partial charge is 0.315 e. The third-order valence-electron chi connectivity index (χ3n) is 3.32. The minimum absolute atomic E-state index is 0.0356. The normalized spacial score (nSPS) is 24.0. The molecular weight excluding hydrogens is 218 g/mol. The van der Waals surface area contributed by atoms with Gasteiger partial charge in [-0.05, 0) is 31.4 Å². The monoisotopic (exact) mass is 235 g/mol. The van der Waals surface area contributed by atoms with Crippen LogP contribution in [-0.2, 0) is 0 Å². The number of nitro groups is 1. The third kappa shape index (κ3) is 2.05. The molecule has 0 amide bonds. The Morgan fingerprint density at radius 1 is 1.47 bits per heavy atom. The molecule has 2 rings (SSSR count). The first-order chi connectivity index (χ1) is 8.00. The highest BCUT2D eigenvalue weighted by Gasteiger charge is 2.31. The molecule has 1 heterocycles. The number of hydrogen-bond acceptors (Lipinski definition) is 4. The zero-order chi connectivity index (χ0) is 12.6. The molecule has 92 valence electrons. The number of nitrogen functional groups attached to an aromatic ring is 1. The Hall–Kier alpha value is -1.78. The fourth-order valence-corrected chi connectivity index (χ4v) is 2.61. The fourth-order valence-electron chi connectivity index (χ4n) is 2.61. The van der Waals surface area contributed by atoms with Crippen molar-refractivity contribution in [3.63, 3.8) is 0 Å². The lowest BCUT2D eigenvalue weighted by atomic mass is 10.1. The van der Waals surface area contributed by atoms with E-state index in [2.05, 4.69) is 18.7 Å².